The zero-order chi connectivity index (χ0) is 18.4. The Bertz CT molecular complexity index is 781. The number of ether oxygens (including phenoxy) is 4. The standard InChI is InChI=1S/C19H22O6/c1-5-22-15-8-9-16(23-6-2)18-14(15)10-13(19(21)24-7-3)11-17(18)25-12(4)20/h8-11H,5-7H2,1-4H3. The summed E-state index contributed by atoms with van der Waals surface area (Å²) in [6.07, 6.45) is 0. The maximum absolute atomic E-state index is 12.2. The fourth-order valence-corrected chi connectivity index (χ4v) is 2.51. The third kappa shape index (κ3) is 4.21. The summed E-state index contributed by atoms with van der Waals surface area (Å²) in [6.45, 7) is 7.90. The lowest BCUT2D eigenvalue weighted by Gasteiger charge is -2.16. The van der Waals surface area contributed by atoms with Crippen LogP contribution in [0.4, 0.5) is 0 Å². The summed E-state index contributed by atoms with van der Waals surface area (Å²) in [5.41, 5.74) is 0.278. The number of hydrogen-bond acceptors (Lipinski definition) is 6. The summed E-state index contributed by atoms with van der Waals surface area (Å²) < 4.78 is 21.7. The van der Waals surface area contributed by atoms with Crippen molar-refractivity contribution in [3.05, 3.63) is 29.8 Å². The van der Waals surface area contributed by atoms with Crippen LogP contribution in [0.15, 0.2) is 24.3 Å². The van der Waals surface area contributed by atoms with E-state index in [0.717, 1.165) is 0 Å². The molecule has 0 saturated heterocycles. The smallest absolute Gasteiger partial charge is 0.338 e. The third-order valence-electron chi connectivity index (χ3n) is 3.36. The second kappa shape index (κ2) is 8.37. The fourth-order valence-electron chi connectivity index (χ4n) is 2.51. The normalized spacial score (nSPS) is 10.4. The SMILES string of the molecule is CCOC(=O)c1cc(OC(C)=O)c2c(OCC)ccc(OCC)c2c1. The van der Waals surface area contributed by atoms with Crippen LogP contribution in [0.25, 0.3) is 10.8 Å². The van der Waals surface area contributed by atoms with Crippen molar-refractivity contribution in [1.29, 1.82) is 0 Å². The molecule has 0 fully saturated rings. The van der Waals surface area contributed by atoms with Gasteiger partial charge in [0.25, 0.3) is 0 Å². The lowest BCUT2D eigenvalue weighted by Crippen LogP contribution is -2.08. The molecule has 0 aromatic heterocycles. The molecular formula is C19H22O6. The topological polar surface area (TPSA) is 71.1 Å². The Kier molecular flexibility index (Phi) is 6.22. The van der Waals surface area contributed by atoms with Crippen molar-refractivity contribution in [3.8, 4) is 17.2 Å². The molecule has 2 rings (SSSR count). The maximum atomic E-state index is 12.2. The first-order valence-electron chi connectivity index (χ1n) is 8.23. The van der Waals surface area contributed by atoms with Crippen molar-refractivity contribution in [3.63, 3.8) is 0 Å². The second-order valence-corrected chi connectivity index (χ2v) is 5.14. The number of carbonyl (C=O) groups excluding carboxylic acids is 2. The molecule has 2 aromatic carbocycles. The van der Waals surface area contributed by atoms with E-state index in [1.54, 1.807) is 25.1 Å². The first kappa shape index (κ1) is 18.6. The summed E-state index contributed by atoms with van der Waals surface area (Å²) in [5.74, 6) is 0.361. The molecule has 6 nitrogen and oxygen atoms in total. The highest BCUT2D eigenvalue weighted by Gasteiger charge is 2.19. The highest BCUT2D eigenvalue weighted by atomic mass is 16.5. The van der Waals surface area contributed by atoms with Gasteiger partial charge in [-0.15, -0.1) is 0 Å². The predicted molar refractivity (Wildman–Crippen MR) is 93.6 cm³/mol. The number of fused-ring (bicyclic) bond motifs is 1. The lowest BCUT2D eigenvalue weighted by molar-refractivity contribution is -0.131. The number of benzene rings is 2. The molecule has 6 heteroatoms. The average Bonchev–Trinajstić information content (AvgIpc) is 2.56. The molecule has 0 amide bonds. The Labute approximate surface area is 146 Å². The minimum atomic E-state index is -0.498. The zero-order valence-corrected chi connectivity index (χ0v) is 14.9. The highest BCUT2D eigenvalue weighted by Crippen LogP contribution is 2.40. The largest absolute Gasteiger partial charge is 0.493 e. The van der Waals surface area contributed by atoms with Gasteiger partial charge in [-0.25, -0.2) is 4.79 Å². The van der Waals surface area contributed by atoms with E-state index in [1.165, 1.54) is 13.0 Å². The van der Waals surface area contributed by atoms with E-state index in [1.807, 2.05) is 13.8 Å². The zero-order valence-electron chi connectivity index (χ0n) is 14.9. The first-order chi connectivity index (χ1) is 12.0. The minimum Gasteiger partial charge on any atom is -0.493 e. The Hall–Kier alpha value is -2.76. The van der Waals surface area contributed by atoms with Crippen LogP contribution >= 0.6 is 0 Å². The predicted octanol–water partition coefficient (Wildman–Crippen LogP) is 3.74. The summed E-state index contributed by atoms with van der Waals surface area (Å²) in [7, 11) is 0. The molecule has 2 aromatic rings. The molecule has 0 aliphatic rings. The van der Waals surface area contributed by atoms with E-state index in [2.05, 4.69) is 0 Å². The van der Waals surface area contributed by atoms with Crippen LogP contribution < -0.4 is 14.2 Å². The van der Waals surface area contributed by atoms with Crippen LogP contribution in [-0.4, -0.2) is 31.8 Å². The van der Waals surface area contributed by atoms with Crippen molar-refractivity contribution < 1.29 is 28.5 Å². The molecule has 0 radical (unpaired) electrons. The number of carbonyl (C=O) groups is 2. The van der Waals surface area contributed by atoms with Crippen molar-refractivity contribution in [2.24, 2.45) is 0 Å². The average molecular weight is 346 g/mol. The summed E-state index contributed by atoms with van der Waals surface area (Å²) >= 11 is 0. The molecule has 0 N–H and O–H groups in total. The molecule has 25 heavy (non-hydrogen) atoms. The third-order valence-corrected chi connectivity index (χ3v) is 3.36. The van der Waals surface area contributed by atoms with Gasteiger partial charge in [-0.2, -0.15) is 0 Å². The van der Waals surface area contributed by atoms with E-state index >= 15 is 0 Å². The van der Waals surface area contributed by atoms with E-state index in [-0.39, 0.29) is 17.9 Å². The van der Waals surface area contributed by atoms with Crippen LogP contribution in [0.2, 0.25) is 0 Å². The Morgan fingerprint density at radius 1 is 0.880 bits per heavy atom. The molecule has 0 aliphatic heterocycles. The number of rotatable bonds is 7. The molecule has 0 heterocycles. The van der Waals surface area contributed by atoms with Gasteiger partial charge in [0.05, 0.1) is 30.8 Å². The quantitative estimate of drug-likeness (QED) is 0.562. The Balaban J connectivity index is 2.78. The van der Waals surface area contributed by atoms with E-state index < -0.39 is 11.9 Å². The summed E-state index contributed by atoms with van der Waals surface area (Å²) in [5, 5.41) is 1.20. The molecule has 0 saturated carbocycles. The Morgan fingerprint density at radius 3 is 2.12 bits per heavy atom. The first-order valence-corrected chi connectivity index (χ1v) is 8.23. The molecule has 0 aliphatic carbocycles. The molecule has 0 spiro atoms. The minimum absolute atomic E-state index is 0.234. The van der Waals surface area contributed by atoms with Gasteiger partial charge >= 0.3 is 11.9 Å². The van der Waals surface area contributed by atoms with E-state index in [9.17, 15) is 9.59 Å². The lowest BCUT2D eigenvalue weighted by atomic mass is 10.0. The molecule has 0 unspecified atom stereocenters. The number of esters is 2. The summed E-state index contributed by atoms with van der Waals surface area (Å²) in [6, 6.07) is 6.67. The van der Waals surface area contributed by atoms with Crippen LogP contribution in [0.3, 0.4) is 0 Å². The monoisotopic (exact) mass is 346 g/mol. The molecule has 0 bridgehead atoms. The van der Waals surface area contributed by atoms with Gasteiger partial charge in [-0.3, -0.25) is 4.79 Å². The van der Waals surface area contributed by atoms with Crippen molar-refractivity contribution in [1.82, 2.24) is 0 Å². The molecule has 0 atom stereocenters. The highest BCUT2D eigenvalue weighted by molar-refractivity contribution is 6.04. The Morgan fingerprint density at radius 2 is 1.52 bits per heavy atom. The van der Waals surface area contributed by atoms with Gasteiger partial charge < -0.3 is 18.9 Å². The van der Waals surface area contributed by atoms with Crippen LogP contribution in [-0.2, 0) is 9.53 Å². The van der Waals surface area contributed by atoms with Crippen molar-refractivity contribution >= 4 is 22.7 Å². The van der Waals surface area contributed by atoms with Gasteiger partial charge in [0.15, 0.2) is 0 Å². The van der Waals surface area contributed by atoms with Gasteiger partial charge in [0.2, 0.25) is 0 Å². The fraction of sp³-hybridized carbons (Fsp3) is 0.368. The van der Waals surface area contributed by atoms with Gasteiger partial charge in [0.1, 0.15) is 17.2 Å². The molecule has 134 valence electrons. The van der Waals surface area contributed by atoms with Crippen LogP contribution in [0, 0.1) is 0 Å². The van der Waals surface area contributed by atoms with Crippen LogP contribution in [0.5, 0.6) is 17.2 Å². The van der Waals surface area contributed by atoms with E-state index in [0.29, 0.717) is 35.5 Å². The van der Waals surface area contributed by atoms with Crippen molar-refractivity contribution in [2.45, 2.75) is 27.7 Å². The second-order valence-electron chi connectivity index (χ2n) is 5.14. The van der Waals surface area contributed by atoms with E-state index in [4.69, 9.17) is 18.9 Å². The van der Waals surface area contributed by atoms with Crippen molar-refractivity contribution in [2.75, 3.05) is 19.8 Å². The maximum Gasteiger partial charge on any atom is 0.338 e. The van der Waals surface area contributed by atoms with Gasteiger partial charge in [-0.05, 0) is 45.0 Å². The molecular weight excluding hydrogens is 324 g/mol. The number of hydrogen-bond donors (Lipinski definition) is 0. The van der Waals surface area contributed by atoms with Gasteiger partial charge in [-0.1, -0.05) is 0 Å². The van der Waals surface area contributed by atoms with Crippen LogP contribution in [0.1, 0.15) is 38.1 Å². The summed E-state index contributed by atoms with van der Waals surface area (Å²) in [4.78, 5) is 23.7. The van der Waals surface area contributed by atoms with Gasteiger partial charge in [0, 0.05) is 12.3 Å².